The van der Waals surface area contributed by atoms with E-state index in [2.05, 4.69) is 15.0 Å². The second-order valence-electron chi connectivity index (χ2n) is 6.21. The first-order valence-corrected chi connectivity index (χ1v) is 11.0. The molecule has 33 heavy (non-hydrogen) atoms. The predicted octanol–water partition coefficient (Wildman–Crippen LogP) is 5.10. The molecule has 0 saturated carbocycles. The van der Waals surface area contributed by atoms with E-state index in [-0.39, 0.29) is 5.91 Å². The van der Waals surface area contributed by atoms with E-state index < -0.39 is 5.97 Å². The van der Waals surface area contributed by atoms with Crippen molar-refractivity contribution >= 4 is 11.9 Å². The Bertz CT molecular complexity index is 1000. The van der Waals surface area contributed by atoms with Gasteiger partial charge in [0.25, 0.3) is 5.91 Å². The number of benzene rings is 2. The van der Waals surface area contributed by atoms with Crippen LogP contribution >= 0.6 is 0 Å². The average molecular weight is 452 g/mol. The highest BCUT2D eigenvalue weighted by Gasteiger charge is 2.09. The van der Waals surface area contributed by atoms with Crippen LogP contribution in [0.15, 0.2) is 66.9 Å². The molecule has 0 unspecified atom stereocenters. The highest BCUT2D eigenvalue weighted by molar-refractivity contribution is 5.94. The van der Waals surface area contributed by atoms with Crippen LogP contribution in [0.4, 0.5) is 0 Å². The molecule has 0 aliphatic heterocycles. The number of amides is 1. The molecule has 1 aromatic heterocycles. The Morgan fingerprint density at radius 1 is 0.909 bits per heavy atom. The van der Waals surface area contributed by atoms with Gasteiger partial charge >= 0.3 is 5.97 Å². The third-order valence-electron chi connectivity index (χ3n) is 4.18. The van der Waals surface area contributed by atoms with Gasteiger partial charge in [-0.05, 0) is 47.5 Å². The van der Waals surface area contributed by atoms with Crippen molar-refractivity contribution in [3.63, 3.8) is 0 Å². The van der Waals surface area contributed by atoms with E-state index in [0.29, 0.717) is 35.8 Å². The van der Waals surface area contributed by atoms with Crippen LogP contribution in [0.3, 0.4) is 0 Å². The molecule has 2 aromatic carbocycles. The van der Waals surface area contributed by atoms with E-state index in [9.17, 15) is 9.59 Å². The summed E-state index contributed by atoms with van der Waals surface area (Å²) in [7, 11) is 1.33. The summed E-state index contributed by atoms with van der Waals surface area (Å²) < 4.78 is 10.4. The number of nitrogens with zero attached hydrogens (tertiary/aromatic N) is 1. The Balaban J connectivity index is 0.00000129. The van der Waals surface area contributed by atoms with Gasteiger partial charge in [0.2, 0.25) is 5.88 Å². The summed E-state index contributed by atoms with van der Waals surface area (Å²) >= 11 is 0. The number of esters is 1. The summed E-state index contributed by atoms with van der Waals surface area (Å²) in [6.07, 6.45) is 1.62. The Hall–Kier alpha value is -3.71. The minimum Gasteiger partial charge on any atom is -0.465 e. The zero-order chi connectivity index (χ0) is 24.6. The number of carbonyl (C=O) groups excluding carboxylic acids is 2. The molecular weight excluding hydrogens is 418 g/mol. The fourth-order valence-electron chi connectivity index (χ4n) is 2.62. The number of hydrogen-bond acceptors (Lipinski definition) is 6. The van der Waals surface area contributed by atoms with Crippen LogP contribution in [-0.4, -0.2) is 24.0 Å². The summed E-state index contributed by atoms with van der Waals surface area (Å²) in [6, 6.07) is 17.2. The molecule has 1 amide bonds. The van der Waals surface area contributed by atoms with Crippen LogP contribution in [-0.2, 0) is 17.8 Å². The van der Waals surface area contributed by atoms with Crippen LogP contribution in [0.5, 0.6) is 11.6 Å². The molecule has 0 saturated heterocycles. The van der Waals surface area contributed by atoms with Crippen molar-refractivity contribution in [3.05, 3.63) is 89.1 Å². The fraction of sp³-hybridized carbons (Fsp3) is 0.269. The molecular formula is C26H33N3O4. The number of rotatable bonds is 7. The van der Waals surface area contributed by atoms with Gasteiger partial charge in [-0.15, -0.1) is 0 Å². The molecule has 7 nitrogen and oxygen atoms in total. The van der Waals surface area contributed by atoms with Crippen molar-refractivity contribution in [2.45, 2.75) is 40.8 Å². The first-order chi connectivity index (χ1) is 16.1. The van der Waals surface area contributed by atoms with Crippen molar-refractivity contribution in [3.8, 4) is 11.6 Å². The average Bonchev–Trinajstić information content (AvgIpc) is 2.89. The molecule has 0 spiro atoms. The van der Waals surface area contributed by atoms with Gasteiger partial charge in [-0.2, -0.15) is 0 Å². The Kier molecular flexibility index (Phi) is 12.5. The number of nitrogens with two attached hydrogens (primary N) is 1. The van der Waals surface area contributed by atoms with Gasteiger partial charge in [-0.3, -0.25) is 4.79 Å². The van der Waals surface area contributed by atoms with Crippen LogP contribution in [0.25, 0.3) is 0 Å². The molecule has 3 rings (SSSR count). The molecule has 0 bridgehead atoms. The van der Waals surface area contributed by atoms with E-state index in [0.717, 1.165) is 11.1 Å². The topological polar surface area (TPSA) is 104 Å². The van der Waals surface area contributed by atoms with Crippen LogP contribution in [0, 0.1) is 0 Å². The lowest BCUT2D eigenvalue weighted by Gasteiger charge is -2.09. The molecule has 0 atom stereocenters. The number of hydrogen-bond donors (Lipinski definition) is 2. The third-order valence-corrected chi connectivity index (χ3v) is 4.18. The molecule has 1 heterocycles. The first-order valence-electron chi connectivity index (χ1n) is 11.0. The lowest BCUT2D eigenvalue weighted by molar-refractivity contribution is 0.0600. The van der Waals surface area contributed by atoms with Crippen molar-refractivity contribution in [1.82, 2.24) is 10.3 Å². The summed E-state index contributed by atoms with van der Waals surface area (Å²) in [5.74, 6) is 0.276. The Labute approximate surface area is 196 Å². The monoisotopic (exact) mass is 451 g/mol. The van der Waals surface area contributed by atoms with Crippen LogP contribution in [0.1, 0.15) is 59.5 Å². The maximum Gasteiger partial charge on any atom is 0.337 e. The number of nitrogens with one attached hydrogen (secondary N) is 1. The maximum atomic E-state index is 12.5. The molecule has 3 aromatic rings. The van der Waals surface area contributed by atoms with Gasteiger partial charge < -0.3 is 20.5 Å². The molecule has 0 aliphatic carbocycles. The van der Waals surface area contributed by atoms with E-state index in [1.807, 2.05) is 33.8 Å². The van der Waals surface area contributed by atoms with Crippen molar-refractivity contribution in [1.29, 1.82) is 0 Å². The summed E-state index contributed by atoms with van der Waals surface area (Å²) in [4.78, 5) is 28.1. The zero-order valence-corrected chi connectivity index (χ0v) is 19.9. The number of aromatic nitrogens is 1. The van der Waals surface area contributed by atoms with Crippen molar-refractivity contribution in [2.24, 2.45) is 5.73 Å². The van der Waals surface area contributed by atoms with E-state index >= 15 is 0 Å². The minimum absolute atomic E-state index is 0.240. The second-order valence-corrected chi connectivity index (χ2v) is 6.21. The standard InChI is InChI=1S/C22H21N3O4.2C2H6/c1-28-22(27)17-7-5-15(6-8-17)14-25-21(26)18-3-2-4-19(12-18)29-20-11-16(13-23)9-10-24-20;2*1-2/h2-12H,13-14,23H2,1H3,(H,25,26);2*1-2H3. The number of ether oxygens (including phenoxy) is 2. The van der Waals surface area contributed by atoms with Gasteiger partial charge in [-0.25, -0.2) is 9.78 Å². The number of pyridine rings is 1. The maximum absolute atomic E-state index is 12.5. The SMILES string of the molecule is CC.CC.COC(=O)c1ccc(CNC(=O)c2cccc(Oc3cc(CN)ccn3)c2)cc1. The largest absolute Gasteiger partial charge is 0.465 e. The highest BCUT2D eigenvalue weighted by Crippen LogP contribution is 2.21. The highest BCUT2D eigenvalue weighted by atomic mass is 16.5. The molecule has 0 fully saturated rings. The molecule has 176 valence electrons. The van der Waals surface area contributed by atoms with Gasteiger partial charge in [-0.1, -0.05) is 45.9 Å². The minimum atomic E-state index is -0.399. The Morgan fingerprint density at radius 2 is 1.61 bits per heavy atom. The van der Waals surface area contributed by atoms with Gasteiger partial charge in [0, 0.05) is 30.9 Å². The van der Waals surface area contributed by atoms with Crippen molar-refractivity contribution < 1.29 is 19.1 Å². The molecule has 3 N–H and O–H groups in total. The van der Waals surface area contributed by atoms with Crippen LogP contribution < -0.4 is 15.8 Å². The second kappa shape index (κ2) is 15.2. The third kappa shape index (κ3) is 8.74. The van der Waals surface area contributed by atoms with Gasteiger partial charge in [0.05, 0.1) is 12.7 Å². The first kappa shape index (κ1) is 27.3. The number of carbonyl (C=O) groups is 2. The number of methoxy groups -OCH3 is 1. The van der Waals surface area contributed by atoms with E-state index in [1.54, 1.807) is 60.8 Å². The zero-order valence-electron chi connectivity index (χ0n) is 19.9. The lowest BCUT2D eigenvalue weighted by atomic mass is 10.1. The van der Waals surface area contributed by atoms with Crippen LogP contribution in [0.2, 0.25) is 0 Å². The lowest BCUT2D eigenvalue weighted by Crippen LogP contribution is -2.22. The molecule has 0 radical (unpaired) electrons. The molecule has 7 heteroatoms. The van der Waals surface area contributed by atoms with E-state index in [4.69, 9.17) is 10.5 Å². The van der Waals surface area contributed by atoms with E-state index in [1.165, 1.54) is 7.11 Å². The summed E-state index contributed by atoms with van der Waals surface area (Å²) in [5.41, 5.74) is 8.31. The van der Waals surface area contributed by atoms with Gasteiger partial charge in [0.1, 0.15) is 5.75 Å². The molecule has 0 aliphatic rings. The van der Waals surface area contributed by atoms with Crippen molar-refractivity contribution in [2.75, 3.05) is 7.11 Å². The Morgan fingerprint density at radius 3 is 2.24 bits per heavy atom. The summed E-state index contributed by atoms with van der Waals surface area (Å²) in [6.45, 7) is 8.72. The smallest absolute Gasteiger partial charge is 0.337 e. The van der Waals surface area contributed by atoms with Gasteiger partial charge in [0.15, 0.2) is 0 Å². The normalized spacial score (nSPS) is 9.39. The quantitative estimate of drug-likeness (QED) is 0.484. The summed E-state index contributed by atoms with van der Waals surface area (Å²) in [5, 5.41) is 2.84. The fourth-order valence-corrected chi connectivity index (χ4v) is 2.62. The predicted molar refractivity (Wildman–Crippen MR) is 130 cm³/mol.